The van der Waals surface area contributed by atoms with Crippen molar-refractivity contribution in [2.75, 3.05) is 13.1 Å². The Labute approximate surface area is 123 Å². The quantitative estimate of drug-likeness (QED) is 0.896. The summed E-state index contributed by atoms with van der Waals surface area (Å²) in [6, 6.07) is 6.19. The zero-order chi connectivity index (χ0) is 13.1. The van der Waals surface area contributed by atoms with Gasteiger partial charge in [0.25, 0.3) is 0 Å². The Hall–Kier alpha value is 0.1000. The Morgan fingerprint density at radius 1 is 1.28 bits per heavy atom. The first-order valence-electron chi connectivity index (χ1n) is 6.81. The van der Waals surface area contributed by atoms with Crippen LogP contribution in [0.3, 0.4) is 0 Å². The second-order valence-corrected chi connectivity index (χ2v) is 7.93. The third-order valence-corrected chi connectivity index (χ3v) is 5.57. The molecule has 1 aliphatic rings. The molecule has 0 bridgehead atoms. The van der Waals surface area contributed by atoms with Crippen molar-refractivity contribution in [3.63, 3.8) is 0 Å². The molecule has 0 spiro atoms. The van der Waals surface area contributed by atoms with Gasteiger partial charge in [0.15, 0.2) is 0 Å². The van der Waals surface area contributed by atoms with E-state index in [1.54, 1.807) is 0 Å². The fourth-order valence-corrected chi connectivity index (χ4v) is 4.01. The van der Waals surface area contributed by atoms with Crippen molar-refractivity contribution in [1.29, 1.82) is 0 Å². The lowest BCUT2D eigenvalue weighted by molar-refractivity contribution is 0.157. The third-order valence-electron chi connectivity index (χ3n) is 3.77. The van der Waals surface area contributed by atoms with Crippen molar-refractivity contribution >= 4 is 27.3 Å². The minimum absolute atomic E-state index is 0.469. The summed E-state index contributed by atoms with van der Waals surface area (Å²) in [4.78, 5) is 4.00. The van der Waals surface area contributed by atoms with E-state index in [0.717, 1.165) is 0 Å². The number of nitrogens with zero attached hydrogens (tertiary/aromatic N) is 1. The summed E-state index contributed by atoms with van der Waals surface area (Å²) in [5, 5.41) is 3.77. The summed E-state index contributed by atoms with van der Waals surface area (Å²) in [5.41, 5.74) is 0. The second kappa shape index (κ2) is 6.51. The summed E-state index contributed by atoms with van der Waals surface area (Å²) in [6.45, 7) is 9.32. The molecule has 1 aliphatic heterocycles. The molecule has 1 aromatic heterocycles. The van der Waals surface area contributed by atoms with Crippen LogP contribution in [-0.2, 0) is 0 Å². The molecule has 1 saturated heterocycles. The van der Waals surface area contributed by atoms with Gasteiger partial charge in [-0.05, 0) is 74.8 Å². The molecule has 1 aromatic rings. The molecule has 2 nitrogen and oxygen atoms in total. The third kappa shape index (κ3) is 3.80. The number of likely N-dealkylation sites (tertiary alicyclic amines) is 1. The van der Waals surface area contributed by atoms with E-state index in [1.807, 2.05) is 11.3 Å². The number of piperidine rings is 1. The van der Waals surface area contributed by atoms with Gasteiger partial charge >= 0.3 is 0 Å². The topological polar surface area (TPSA) is 15.3 Å². The van der Waals surface area contributed by atoms with Crippen LogP contribution in [0.25, 0.3) is 0 Å². The van der Waals surface area contributed by atoms with E-state index in [0.29, 0.717) is 18.1 Å². The van der Waals surface area contributed by atoms with Crippen LogP contribution in [0.2, 0.25) is 0 Å². The number of halogens is 1. The lowest BCUT2D eigenvalue weighted by Crippen LogP contribution is -2.45. The molecule has 1 N–H and O–H groups in total. The molecule has 0 saturated carbocycles. The van der Waals surface area contributed by atoms with Crippen molar-refractivity contribution in [3.05, 3.63) is 20.8 Å². The SMILES string of the molecule is CC(NC1CCN(C(C)C)CC1)c1ccc(Br)s1. The molecule has 1 unspecified atom stereocenters. The maximum Gasteiger partial charge on any atom is 0.0701 e. The van der Waals surface area contributed by atoms with Gasteiger partial charge in [0, 0.05) is 23.0 Å². The van der Waals surface area contributed by atoms with Crippen molar-refractivity contribution < 1.29 is 0 Å². The van der Waals surface area contributed by atoms with Crippen LogP contribution in [0, 0.1) is 0 Å². The standard InChI is InChI=1S/C14H23BrN2S/c1-10(2)17-8-6-12(7-9-17)16-11(3)13-4-5-14(15)18-13/h4-5,10-12,16H,6-9H2,1-3H3. The van der Waals surface area contributed by atoms with Gasteiger partial charge in [0.1, 0.15) is 0 Å². The van der Waals surface area contributed by atoms with Crippen molar-refractivity contribution in [1.82, 2.24) is 10.2 Å². The van der Waals surface area contributed by atoms with E-state index in [1.165, 1.54) is 34.6 Å². The Balaban J connectivity index is 1.81. The maximum atomic E-state index is 3.77. The number of thiophene rings is 1. The zero-order valence-electron chi connectivity index (χ0n) is 11.4. The van der Waals surface area contributed by atoms with Crippen molar-refractivity contribution in [3.8, 4) is 0 Å². The Kier molecular flexibility index (Phi) is 5.24. The number of hydrogen-bond donors (Lipinski definition) is 1. The highest BCUT2D eigenvalue weighted by Crippen LogP contribution is 2.28. The molecule has 2 heterocycles. The van der Waals surface area contributed by atoms with E-state index in [9.17, 15) is 0 Å². The first-order valence-corrected chi connectivity index (χ1v) is 8.42. The van der Waals surface area contributed by atoms with E-state index < -0.39 is 0 Å². The molecule has 0 aromatic carbocycles. The average Bonchev–Trinajstić information content (AvgIpc) is 2.76. The molecule has 18 heavy (non-hydrogen) atoms. The van der Waals surface area contributed by atoms with Gasteiger partial charge in [-0.3, -0.25) is 0 Å². The Morgan fingerprint density at radius 3 is 2.44 bits per heavy atom. The van der Waals surface area contributed by atoms with E-state index in [-0.39, 0.29) is 0 Å². The lowest BCUT2D eigenvalue weighted by atomic mass is 10.0. The molecular weight excluding hydrogens is 308 g/mol. The fourth-order valence-electron chi connectivity index (χ4n) is 2.58. The van der Waals surface area contributed by atoms with Gasteiger partial charge in [-0.25, -0.2) is 0 Å². The molecule has 0 aliphatic carbocycles. The van der Waals surface area contributed by atoms with Crippen LogP contribution < -0.4 is 5.32 Å². The molecule has 1 atom stereocenters. The van der Waals surface area contributed by atoms with Crippen molar-refractivity contribution in [2.45, 2.75) is 51.7 Å². The molecule has 1 fully saturated rings. The van der Waals surface area contributed by atoms with Gasteiger partial charge in [0.2, 0.25) is 0 Å². The first kappa shape index (κ1) is 14.5. The molecule has 0 amide bonds. The predicted molar refractivity (Wildman–Crippen MR) is 83.3 cm³/mol. The number of nitrogens with one attached hydrogen (secondary N) is 1. The van der Waals surface area contributed by atoms with Crippen LogP contribution in [0.15, 0.2) is 15.9 Å². The maximum absolute atomic E-state index is 3.77. The minimum Gasteiger partial charge on any atom is -0.307 e. The van der Waals surface area contributed by atoms with Gasteiger partial charge in [-0.1, -0.05) is 0 Å². The largest absolute Gasteiger partial charge is 0.307 e. The van der Waals surface area contributed by atoms with Crippen LogP contribution in [0.5, 0.6) is 0 Å². The van der Waals surface area contributed by atoms with Gasteiger partial charge in [-0.15, -0.1) is 11.3 Å². The highest BCUT2D eigenvalue weighted by molar-refractivity contribution is 9.11. The summed E-state index contributed by atoms with van der Waals surface area (Å²) in [5.74, 6) is 0. The number of rotatable bonds is 4. The molecular formula is C14H23BrN2S. The molecule has 102 valence electrons. The van der Waals surface area contributed by atoms with Gasteiger partial charge < -0.3 is 10.2 Å². The van der Waals surface area contributed by atoms with E-state index >= 15 is 0 Å². The van der Waals surface area contributed by atoms with Gasteiger partial charge in [-0.2, -0.15) is 0 Å². The highest BCUT2D eigenvalue weighted by atomic mass is 79.9. The van der Waals surface area contributed by atoms with E-state index in [2.05, 4.69) is 59.1 Å². The first-order chi connectivity index (χ1) is 8.56. The highest BCUT2D eigenvalue weighted by Gasteiger charge is 2.22. The smallest absolute Gasteiger partial charge is 0.0701 e. The summed E-state index contributed by atoms with van der Waals surface area (Å²) in [6.07, 6.45) is 2.55. The van der Waals surface area contributed by atoms with Crippen LogP contribution >= 0.6 is 27.3 Å². The monoisotopic (exact) mass is 330 g/mol. The summed E-state index contributed by atoms with van der Waals surface area (Å²) in [7, 11) is 0. The molecule has 2 rings (SSSR count). The fraction of sp³-hybridized carbons (Fsp3) is 0.714. The molecule has 4 heteroatoms. The molecule has 0 radical (unpaired) electrons. The summed E-state index contributed by atoms with van der Waals surface area (Å²) >= 11 is 5.37. The lowest BCUT2D eigenvalue weighted by Gasteiger charge is -2.36. The zero-order valence-corrected chi connectivity index (χ0v) is 13.9. The second-order valence-electron chi connectivity index (χ2n) is 5.43. The van der Waals surface area contributed by atoms with Gasteiger partial charge in [0.05, 0.1) is 3.79 Å². The normalized spacial score (nSPS) is 20.5. The van der Waals surface area contributed by atoms with Crippen LogP contribution in [0.4, 0.5) is 0 Å². The number of hydrogen-bond acceptors (Lipinski definition) is 3. The van der Waals surface area contributed by atoms with Crippen LogP contribution in [0.1, 0.15) is 44.5 Å². The Morgan fingerprint density at radius 2 is 1.94 bits per heavy atom. The Bertz CT molecular complexity index is 370. The summed E-state index contributed by atoms with van der Waals surface area (Å²) < 4.78 is 1.22. The van der Waals surface area contributed by atoms with Crippen LogP contribution in [-0.4, -0.2) is 30.1 Å². The van der Waals surface area contributed by atoms with Crippen molar-refractivity contribution in [2.24, 2.45) is 0 Å². The van der Waals surface area contributed by atoms with E-state index in [4.69, 9.17) is 0 Å². The minimum atomic E-state index is 0.469. The predicted octanol–water partition coefficient (Wildman–Crippen LogP) is 4.03. The average molecular weight is 331 g/mol.